The normalized spacial score (nSPS) is 19.1. The zero-order valence-electron chi connectivity index (χ0n) is 11.7. The second-order valence-corrected chi connectivity index (χ2v) is 5.57. The van der Waals surface area contributed by atoms with Crippen molar-refractivity contribution in [3.8, 4) is 0 Å². The summed E-state index contributed by atoms with van der Waals surface area (Å²) in [6, 6.07) is 9.80. The predicted molar refractivity (Wildman–Crippen MR) is 77.6 cm³/mol. The molecule has 3 N–H and O–H groups in total. The predicted octanol–water partition coefficient (Wildman–Crippen LogP) is 2.77. The summed E-state index contributed by atoms with van der Waals surface area (Å²) in [5.41, 5.74) is 7.05. The van der Waals surface area contributed by atoms with E-state index in [1.807, 2.05) is 30.3 Å². The first kappa shape index (κ1) is 14.1. The molecule has 104 valence electrons. The number of hydrogen-bond donors (Lipinski definition) is 2. The van der Waals surface area contributed by atoms with E-state index in [-0.39, 0.29) is 17.4 Å². The molecule has 0 aliphatic heterocycles. The Morgan fingerprint density at radius 1 is 1.32 bits per heavy atom. The molecule has 2 rings (SSSR count). The van der Waals surface area contributed by atoms with Crippen LogP contribution in [0.5, 0.6) is 0 Å². The maximum absolute atomic E-state index is 12.4. The van der Waals surface area contributed by atoms with Crippen LogP contribution in [0.25, 0.3) is 0 Å². The minimum atomic E-state index is -0.129. The highest BCUT2D eigenvalue weighted by Crippen LogP contribution is 2.41. The molecule has 1 aromatic rings. The molecule has 1 aliphatic rings. The summed E-state index contributed by atoms with van der Waals surface area (Å²) < 4.78 is 0. The Balaban J connectivity index is 1.90. The molecule has 3 heteroatoms. The van der Waals surface area contributed by atoms with Crippen molar-refractivity contribution >= 4 is 5.91 Å². The molecule has 19 heavy (non-hydrogen) atoms. The van der Waals surface area contributed by atoms with E-state index in [1.54, 1.807) is 0 Å². The van der Waals surface area contributed by atoms with Gasteiger partial charge in [0.25, 0.3) is 0 Å². The van der Waals surface area contributed by atoms with Crippen molar-refractivity contribution in [1.82, 2.24) is 5.32 Å². The third-order valence-corrected chi connectivity index (χ3v) is 4.43. The number of rotatable bonds is 5. The van der Waals surface area contributed by atoms with Crippen molar-refractivity contribution in [2.75, 3.05) is 6.54 Å². The molecule has 0 saturated heterocycles. The standard InChI is InChI=1S/C16H24N2O/c1-2-16(10-6-7-11-16)15(19)18-12-14(17)13-8-4-3-5-9-13/h3-5,8-9,14H,2,6-7,10-12,17H2,1H3,(H,18,19). The van der Waals surface area contributed by atoms with Crippen molar-refractivity contribution < 1.29 is 4.79 Å². The van der Waals surface area contributed by atoms with Crippen molar-refractivity contribution in [1.29, 1.82) is 0 Å². The van der Waals surface area contributed by atoms with Crippen LogP contribution in [0.2, 0.25) is 0 Å². The number of carbonyl (C=O) groups excluding carboxylic acids is 1. The first-order chi connectivity index (χ1) is 9.18. The Kier molecular flexibility index (Phi) is 4.59. The molecule has 1 unspecified atom stereocenters. The van der Waals surface area contributed by atoms with Gasteiger partial charge < -0.3 is 11.1 Å². The molecule has 1 saturated carbocycles. The fourth-order valence-corrected chi connectivity index (χ4v) is 3.00. The van der Waals surface area contributed by atoms with Gasteiger partial charge in [0.2, 0.25) is 5.91 Å². The molecule has 0 radical (unpaired) electrons. The van der Waals surface area contributed by atoms with Crippen molar-refractivity contribution in [3.63, 3.8) is 0 Å². The molecule has 3 nitrogen and oxygen atoms in total. The van der Waals surface area contributed by atoms with Gasteiger partial charge in [-0.1, -0.05) is 50.1 Å². The lowest BCUT2D eigenvalue weighted by Gasteiger charge is -2.27. The van der Waals surface area contributed by atoms with Gasteiger partial charge in [0.15, 0.2) is 0 Å². The monoisotopic (exact) mass is 260 g/mol. The summed E-state index contributed by atoms with van der Waals surface area (Å²) in [5, 5.41) is 3.05. The minimum Gasteiger partial charge on any atom is -0.354 e. The Hall–Kier alpha value is -1.35. The smallest absolute Gasteiger partial charge is 0.226 e. The Morgan fingerprint density at radius 2 is 1.95 bits per heavy atom. The van der Waals surface area contributed by atoms with Gasteiger partial charge >= 0.3 is 0 Å². The summed E-state index contributed by atoms with van der Waals surface area (Å²) in [5.74, 6) is 0.193. The van der Waals surface area contributed by atoms with E-state index in [1.165, 1.54) is 12.8 Å². The molecule has 0 bridgehead atoms. The van der Waals surface area contributed by atoms with Gasteiger partial charge in [-0.25, -0.2) is 0 Å². The largest absolute Gasteiger partial charge is 0.354 e. The summed E-state index contributed by atoms with van der Waals surface area (Å²) in [6.45, 7) is 2.63. The molecule has 0 spiro atoms. The van der Waals surface area contributed by atoms with Crippen molar-refractivity contribution in [3.05, 3.63) is 35.9 Å². The minimum absolute atomic E-state index is 0.125. The molecule has 1 amide bonds. The van der Waals surface area contributed by atoms with Crippen LogP contribution in [-0.2, 0) is 4.79 Å². The lowest BCUT2D eigenvalue weighted by atomic mass is 9.82. The maximum Gasteiger partial charge on any atom is 0.226 e. The van der Waals surface area contributed by atoms with E-state index in [9.17, 15) is 4.79 Å². The van der Waals surface area contributed by atoms with Crippen molar-refractivity contribution in [2.24, 2.45) is 11.1 Å². The SMILES string of the molecule is CCC1(C(=O)NCC(N)c2ccccc2)CCCC1. The summed E-state index contributed by atoms with van der Waals surface area (Å²) in [6.07, 6.45) is 5.32. The van der Waals surface area contributed by atoms with Crippen LogP contribution in [0.1, 0.15) is 50.6 Å². The molecule has 1 aromatic carbocycles. The average Bonchev–Trinajstić information content (AvgIpc) is 2.95. The maximum atomic E-state index is 12.4. The lowest BCUT2D eigenvalue weighted by Crippen LogP contribution is -2.41. The molecule has 0 heterocycles. The molecule has 1 atom stereocenters. The van der Waals surface area contributed by atoms with Gasteiger partial charge in [-0.3, -0.25) is 4.79 Å². The molecule has 1 aliphatic carbocycles. The van der Waals surface area contributed by atoms with E-state index < -0.39 is 0 Å². The van der Waals surface area contributed by atoms with E-state index in [0.717, 1.165) is 24.8 Å². The number of amides is 1. The first-order valence-electron chi connectivity index (χ1n) is 7.27. The van der Waals surface area contributed by atoms with Gasteiger partial charge in [-0.05, 0) is 24.8 Å². The number of nitrogens with one attached hydrogen (secondary N) is 1. The zero-order chi connectivity index (χ0) is 13.7. The third kappa shape index (κ3) is 3.16. The van der Waals surface area contributed by atoms with Crippen LogP contribution in [0, 0.1) is 5.41 Å². The lowest BCUT2D eigenvalue weighted by molar-refractivity contribution is -0.131. The molecule has 0 aromatic heterocycles. The molecular weight excluding hydrogens is 236 g/mol. The number of nitrogens with two attached hydrogens (primary N) is 1. The Labute approximate surface area is 115 Å². The van der Waals surface area contributed by atoms with Gasteiger partial charge in [0.05, 0.1) is 0 Å². The Bertz CT molecular complexity index is 410. The van der Waals surface area contributed by atoms with E-state index in [2.05, 4.69) is 12.2 Å². The van der Waals surface area contributed by atoms with E-state index in [4.69, 9.17) is 5.73 Å². The summed E-state index contributed by atoms with van der Waals surface area (Å²) in [4.78, 5) is 12.4. The molecule has 1 fully saturated rings. The van der Waals surface area contributed by atoms with Crippen LogP contribution >= 0.6 is 0 Å². The second-order valence-electron chi connectivity index (χ2n) is 5.57. The highest BCUT2D eigenvalue weighted by molar-refractivity contribution is 5.82. The molecular formula is C16H24N2O. The van der Waals surface area contributed by atoms with Crippen molar-refractivity contribution in [2.45, 2.75) is 45.1 Å². The van der Waals surface area contributed by atoms with Crippen LogP contribution in [-0.4, -0.2) is 12.5 Å². The zero-order valence-corrected chi connectivity index (χ0v) is 11.7. The van der Waals surface area contributed by atoms with Crippen LogP contribution in [0.4, 0.5) is 0 Å². The topological polar surface area (TPSA) is 55.1 Å². The van der Waals surface area contributed by atoms with Gasteiger partial charge in [-0.2, -0.15) is 0 Å². The fraction of sp³-hybridized carbons (Fsp3) is 0.562. The Morgan fingerprint density at radius 3 is 2.53 bits per heavy atom. The summed E-state index contributed by atoms with van der Waals surface area (Å²) in [7, 11) is 0. The fourth-order valence-electron chi connectivity index (χ4n) is 3.00. The third-order valence-electron chi connectivity index (χ3n) is 4.43. The van der Waals surface area contributed by atoms with Gasteiger partial charge in [0.1, 0.15) is 0 Å². The second kappa shape index (κ2) is 6.20. The number of hydrogen-bond acceptors (Lipinski definition) is 2. The first-order valence-corrected chi connectivity index (χ1v) is 7.27. The quantitative estimate of drug-likeness (QED) is 0.855. The number of benzene rings is 1. The van der Waals surface area contributed by atoms with E-state index in [0.29, 0.717) is 6.54 Å². The van der Waals surface area contributed by atoms with Gasteiger partial charge in [0, 0.05) is 18.0 Å². The van der Waals surface area contributed by atoms with Gasteiger partial charge in [-0.15, -0.1) is 0 Å². The summed E-state index contributed by atoms with van der Waals surface area (Å²) >= 11 is 0. The highest BCUT2D eigenvalue weighted by Gasteiger charge is 2.39. The van der Waals surface area contributed by atoms with Crippen LogP contribution in [0.3, 0.4) is 0 Å². The number of carbonyl (C=O) groups is 1. The average molecular weight is 260 g/mol. The highest BCUT2D eigenvalue weighted by atomic mass is 16.2. The van der Waals surface area contributed by atoms with Crippen LogP contribution < -0.4 is 11.1 Å². The van der Waals surface area contributed by atoms with E-state index >= 15 is 0 Å². The van der Waals surface area contributed by atoms with Crippen LogP contribution in [0.15, 0.2) is 30.3 Å².